The van der Waals surface area contributed by atoms with Gasteiger partial charge in [-0.15, -0.1) is 0 Å². The minimum atomic E-state index is -3.72. The summed E-state index contributed by atoms with van der Waals surface area (Å²) in [6, 6.07) is 8.53. The SMILES string of the molecule is COc1ccc(S(=O)(=O)N2CCC(C(=O)Nc3cc(F)ccc3C)CC2)cc1Cl. The summed E-state index contributed by atoms with van der Waals surface area (Å²) in [6.45, 7) is 2.21. The summed E-state index contributed by atoms with van der Waals surface area (Å²) in [6.07, 6.45) is 0.757. The van der Waals surface area contributed by atoms with Crippen molar-refractivity contribution in [1.29, 1.82) is 0 Å². The quantitative estimate of drug-likeness (QED) is 0.766. The van der Waals surface area contributed by atoms with Gasteiger partial charge in [-0.25, -0.2) is 12.8 Å². The molecule has 0 aliphatic carbocycles. The molecule has 0 unspecified atom stereocenters. The Morgan fingerprint density at radius 3 is 2.52 bits per heavy atom. The zero-order valence-corrected chi connectivity index (χ0v) is 17.7. The summed E-state index contributed by atoms with van der Waals surface area (Å²) in [5, 5.41) is 2.96. The molecule has 0 saturated carbocycles. The van der Waals surface area contributed by atoms with Gasteiger partial charge < -0.3 is 10.1 Å². The van der Waals surface area contributed by atoms with Gasteiger partial charge in [-0.1, -0.05) is 17.7 Å². The average Bonchev–Trinajstić information content (AvgIpc) is 2.70. The van der Waals surface area contributed by atoms with E-state index >= 15 is 0 Å². The van der Waals surface area contributed by atoms with Crippen LogP contribution in [0, 0.1) is 18.7 Å². The van der Waals surface area contributed by atoms with Crippen molar-refractivity contribution in [2.75, 3.05) is 25.5 Å². The highest BCUT2D eigenvalue weighted by molar-refractivity contribution is 7.89. The van der Waals surface area contributed by atoms with E-state index in [0.717, 1.165) is 5.56 Å². The van der Waals surface area contributed by atoms with Crippen LogP contribution in [0.25, 0.3) is 0 Å². The Bertz CT molecular complexity index is 1020. The van der Waals surface area contributed by atoms with Gasteiger partial charge >= 0.3 is 0 Å². The molecule has 0 radical (unpaired) electrons. The second-order valence-corrected chi connectivity index (χ2v) is 9.27. The number of carbonyl (C=O) groups excluding carboxylic acids is 1. The van der Waals surface area contributed by atoms with Crippen LogP contribution in [0.5, 0.6) is 5.75 Å². The number of nitrogens with zero attached hydrogens (tertiary/aromatic N) is 1. The number of carbonyl (C=O) groups is 1. The van der Waals surface area contributed by atoms with Crippen LogP contribution in [0.4, 0.5) is 10.1 Å². The van der Waals surface area contributed by atoms with Gasteiger partial charge in [0.1, 0.15) is 11.6 Å². The standard InChI is InChI=1S/C20H22ClFN2O4S/c1-13-3-4-15(22)11-18(13)23-20(25)14-7-9-24(10-8-14)29(26,27)16-5-6-19(28-2)17(21)12-16/h3-6,11-12,14H,7-10H2,1-2H3,(H,23,25). The largest absolute Gasteiger partial charge is 0.495 e. The predicted octanol–water partition coefficient (Wildman–Crippen LogP) is 3.84. The van der Waals surface area contributed by atoms with E-state index in [1.165, 1.54) is 41.7 Å². The molecule has 2 aromatic rings. The molecule has 156 valence electrons. The Labute approximate surface area is 174 Å². The van der Waals surface area contributed by atoms with E-state index in [-0.39, 0.29) is 34.8 Å². The second kappa shape index (κ2) is 8.69. The molecule has 1 aliphatic rings. The third-order valence-corrected chi connectivity index (χ3v) is 7.23. The van der Waals surface area contributed by atoms with Crippen LogP contribution < -0.4 is 10.1 Å². The van der Waals surface area contributed by atoms with Gasteiger partial charge in [0.2, 0.25) is 15.9 Å². The number of rotatable bonds is 5. The van der Waals surface area contributed by atoms with Gasteiger partial charge in [0.05, 0.1) is 17.0 Å². The number of nitrogens with one attached hydrogen (secondary N) is 1. The molecule has 3 rings (SSSR count). The molecule has 29 heavy (non-hydrogen) atoms. The summed E-state index contributed by atoms with van der Waals surface area (Å²) in [5.74, 6) is -0.606. The van der Waals surface area contributed by atoms with E-state index in [9.17, 15) is 17.6 Å². The molecule has 0 bridgehead atoms. The Balaban J connectivity index is 1.65. The van der Waals surface area contributed by atoms with Gasteiger partial charge in [0.25, 0.3) is 0 Å². The van der Waals surface area contributed by atoms with Crippen molar-refractivity contribution >= 4 is 33.2 Å². The Morgan fingerprint density at radius 1 is 1.21 bits per heavy atom. The van der Waals surface area contributed by atoms with Crippen LogP contribution in [0.1, 0.15) is 18.4 Å². The fourth-order valence-electron chi connectivity index (χ4n) is 3.28. The minimum Gasteiger partial charge on any atom is -0.495 e. The number of methoxy groups -OCH3 is 1. The van der Waals surface area contributed by atoms with Crippen LogP contribution in [-0.4, -0.2) is 38.8 Å². The molecule has 1 amide bonds. The summed E-state index contributed by atoms with van der Waals surface area (Å²) in [7, 11) is -2.26. The number of hydrogen-bond acceptors (Lipinski definition) is 4. The van der Waals surface area contributed by atoms with Crippen LogP contribution in [0.3, 0.4) is 0 Å². The summed E-state index contributed by atoms with van der Waals surface area (Å²) in [4.78, 5) is 12.6. The summed E-state index contributed by atoms with van der Waals surface area (Å²) in [5.41, 5.74) is 1.19. The molecule has 1 aliphatic heterocycles. The molecule has 0 atom stereocenters. The normalized spacial score (nSPS) is 15.9. The van der Waals surface area contributed by atoms with Crippen LogP contribution >= 0.6 is 11.6 Å². The number of aryl methyl sites for hydroxylation is 1. The lowest BCUT2D eigenvalue weighted by atomic mass is 9.97. The van der Waals surface area contributed by atoms with Crippen LogP contribution in [0.15, 0.2) is 41.3 Å². The summed E-state index contributed by atoms with van der Waals surface area (Å²) >= 11 is 6.05. The maximum Gasteiger partial charge on any atom is 0.243 e. The Hall–Kier alpha value is -2.16. The topological polar surface area (TPSA) is 75.7 Å². The van der Waals surface area contributed by atoms with Gasteiger partial charge in [-0.2, -0.15) is 4.31 Å². The minimum absolute atomic E-state index is 0.0848. The summed E-state index contributed by atoms with van der Waals surface area (Å²) < 4.78 is 45.6. The molecule has 0 spiro atoms. The Kier molecular flexibility index (Phi) is 6.45. The first-order valence-electron chi connectivity index (χ1n) is 9.13. The highest BCUT2D eigenvalue weighted by Crippen LogP contribution is 2.30. The van der Waals surface area contributed by atoms with E-state index in [1.807, 2.05) is 0 Å². The lowest BCUT2D eigenvalue weighted by Crippen LogP contribution is -2.41. The van der Waals surface area contributed by atoms with Gasteiger partial charge in [0.15, 0.2) is 0 Å². The van der Waals surface area contributed by atoms with E-state index in [4.69, 9.17) is 16.3 Å². The number of amides is 1. The molecule has 1 heterocycles. The van der Waals surface area contributed by atoms with Gasteiger partial charge in [-0.3, -0.25) is 4.79 Å². The molecule has 6 nitrogen and oxygen atoms in total. The molecular formula is C20H22ClFN2O4S. The van der Waals surface area contributed by atoms with Crippen molar-refractivity contribution in [3.8, 4) is 5.75 Å². The van der Waals surface area contributed by atoms with Crippen LogP contribution in [0.2, 0.25) is 5.02 Å². The van der Waals surface area contributed by atoms with Crippen molar-refractivity contribution in [2.45, 2.75) is 24.7 Å². The van der Waals surface area contributed by atoms with Crippen molar-refractivity contribution in [3.63, 3.8) is 0 Å². The lowest BCUT2D eigenvalue weighted by Gasteiger charge is -2.30. The van der Waals surface area contributed by atoms with Gasteiger partial charge in [0, 0.05) is 24.7 Å². The predicted molar refractivity (Wildman–Crippen MR) is 109 cm³/mol. The third-order valence-electron chi connectivity index (χ3n) is 5.04. The van der Waals surface area contributed by atoms with E-state index in [2.05, 4.69) is 5.32 Å². The van der Waals surface area contributed by atoms with Crippen molar-refractivity contribution in [1.82, 2.24) is 4.31 Å². The fraction of sp³-hybridized carbons (Fsp3) is 0.350. The molecule has 9 heteroatoms. The zero-order chi connectivity index (χ0) is 21.2. The smallest absolute Gasteiger partial charge is 0.243 e. The third kappa shape index (κ3) is 4.71. The first kappa shape index (κ1) is 21.5. The van der Waals surface area contributed by atoms with E-state index in [1.54, 1.807) is 13.0 Å². The number of hydrogen-bond donors (Lipinski definition) is 1. The maximum atomic E-state index is 13.4. The lowest BCUT2D eigenvalue weighted by molar-refractivity contribution is -0.120. The zero-order valence-electron chi connectivity index (χ0n) is 16.1. The number of benzene rings is 2. The fourth-order valence-corrected chi connectivity index (χ4v) is 5.10. The number of ether oxygens (including phenoxy) is 1. The van der Waals surface area contributed by atoms with E-state index in [0.29, 0.717) is 24.3 Å². The highest BCUT2D eigenvalue weighted by atomic mass is 35.5. The first-order chi connectivity index (χ1) is 13.7. The molecule has 0 aromatic heterocycles. The highest BCUT2D eigenvalue weighted by Gasteiger charge is 2.32. The molecule has 1 N–H and O–H groups in total. The number of anilines is 1. The van der Waals surface area contributed by atoms with Crippen molar-refractivity contribution in [3.05, 3.63) is 52.8 Å². The Morgan fingerprint density at radius 2 is 1.90 bits per heavy atom. The monoisotopic (exact) mass is 440 g/mol. The van der Waals surface area contributed by atoms with Gasteiger partial charge in [-0.05, 0) is 55.7 Å². The molecule has 1 saturated heterocycles. The number of piperidine rings is 1. The number of sulfonamides is 1. The van der Waals surface area contributed by atoms with Crippen LogP contribution in [-0.2, 0) is 14.8 Å². The number of halogens is 2. The first-order valence-corrected chi connectivity index (χ1v) is 10.9. The molecule has 2 aromatic carbocycles. The average molecular weight is 441 g/mol. The molecule has 1 fully saturated rings. The van der Waals surface area contributed by atoms with Crippen molar-refractivity contribution in [2.24, 2.45) is 5.92 Å². The second-order valence-electron chi connectivity index (χ2n) is 6.92. The van der Waals surface area contributed by atoms with E-state index < -0.39 is 15.8 Å². The van der Waals surface area contributed by atoms with Crippen molar-refractivity contribution < 1.29 is 22.3 Å². The maximum absolute atomic E-state index is 13.4. The molecular weight excluding hydrogens is 419 g/mol.